The van der Waals surface area contributed by atoms with Crippen molar-refractivity contribution in [1.29, 1.82) is 0 Å². The van der Waals surface area contributed by atoms with Gasteiger partial charge >= 0.3 is 0 Å². The van der Waals surface area contributed by atoms with Gasteiger partial charge in [0.2, 0.25) is 0 Å². The smallest absolute Gasteiger partial charge is 0.196 e. The number of aromatic amines is 1. The average Bonchev–Trinajstić information content (AvgIpc) is 3.16. The number of hydrogen-bond acceptors (Lipinski definition) is 5. The fraction of sp³-hybridized carbons (Fsp3) is 0.0625. The highest BCUT2D eigenvalue weighted by Crippen LogP contribution is 2.40. The number of H-pyrrole nitrogens is 1. The summed E-state index contributed by atoms with van der Waals surface area (Å²) in [6.07, 6.45) is 0. The zero-order valence-electron chi connectivity index (χ0n) is 12.0. The molecule has 0 fully saturated rings. The van der Waals surface area contributed by atoms with E-state index in [9.17, 15) is 0 Å². The molecule has 2 aromatic carbocycles. The van der Waals surface area contributed by atoms with E-state index in [4.69, 9.17) is 12.2 Å². The van der Waals surface area contributed by atoms with Gasteiger partial charge < -0.3 is 0 Å². The van der Waals surface area contributed by atoms with E-state index in [1.54, 1.807) is 11.8 Å². The van der Waals surface area contributed by atoms with Crippen LogP contribution in [0.4, 0.5) is 5.69 Å². The van der Waals surface area contributed by atoms with Crippen molar-refractivity contribution in [2.75, 3.05) is 5.43 Å². The van der Waals surface area contributed by atoms with Crippen molar-refractivity contribution in [3.8, 4) is 0 Å². The standard InChI is InChI=1S/C16H13N5S2/c22-16-20-18-13-14(19-17-12-9-5-2-6-10-12)23-15(21(13)16)11-7-3-1-4-8-11/h1-10,15,17H,(H,20,22)/b19-14+. The van der Waals surface area contributed by atoms with Crippen LogP contribution in [0.25, 0.3) is 0 Å². The lowest BCUT2D eigenvalue weighted by molar-refractivity contribution is 0.768. The number of thioether (sulfide) groups is 1. The van der Waals surface area contributed by atoms with Crippen molar-refractivity contribution >= 4 is 34.7 Å². The molecule has 2 heterocycles. The maximum absolute atomic E-state index is 5.38. The number of fused-ring (bicyclic) bond motifs is 1. The third-order valence-corrected chi connectivity index (χ3v) is 4.99. The van der Waals surface area contributed by atoms with Crippen molar-refractivity contribution in [3.05, 3.63) is 76.8 Å². The van der Waals surface area contributed by atoms with E-state index in [0.717, 1.165) is 16.6 Å². The van der Waals surface area contributed by atoms with Crippen LogP contribution in [-0.4, -0.2) is 19.8 Å². The van der Waals surface area contributed by atoms with Gasteiger partial charge in [0, 0.05) is 0 Å². The number of aromatic nitrogens is 3. The van der Waals surface area contributed by atoms with Gasteiger partial charge in [0.1, 0.15) is 5.37 Å². The highest BCUT2D eigenvalue weighted by Gasteiger charge is 2.32. The quantitative estimate of drug-likeness (QED) is 0.559. The molecule has 3 aromatic rings. The zero-order chi connectivity index (χ0) is 15.6. The van der Waals surface area contributed by atoms with Gasteiger partial charge in [-0.1, -0.05) is 60.3 Å². The molecule has 1 aliphatic heterocycles. The zero-order valence-corrected chi connectivity index (χ0v) is 13.6. The molecule has 7 heteroatoms. The highest BCUT2D eigenvalue weighted by atomic mass is 32.2. The van der Waals surface area contributed by atoms with Gasteiger partial charge in [0.05, 0.1) is 5.69 Å². The minimum Gasteiger partial charge on any atom is -0.281 e. The lowest BCUT2D eigenvalue weighted by atomic mass is 10.2. The maximum Gasteiger partial charge on any atom is 0.196 e. The lowest BCUT2D eigenvalue weighted by Gasteiger charge is -2.10. The summed E-state index contributed by atoms with van der Waals surface area (Å²) in [6.45, 7) is 0. The molecular formula is C16H13N5S2. The van der Waals surface area contributed by atoms with E-state index in [-0.39, 0.29) is 5.37 Å². The first kappa shape index (κ1) is 14.2. The summed E-state index contributed by atoms with van der Waals surface area (Å²) in [5.41, 5.74) is 5.18. The van der Waals surface area contributed by atoms with Gasteiger partial charge in [-0.3, -0.25) is 15.1 Å². The van der Waals surface area contributed by atoms with Gasteiger partial charge in [-0.2, -0.15) is 10.2 Å². The molecule has 1 aliphatic rings. The topological polar surface area (TPSA) is 58.0 Å². The van der Waals surface area contributed by atoms with E-state index in [0.29, 0.717) is 4.77 Å². The molecule has 0 bridgehead atoms. The second-order valence-corrected chi connectivity index (χ2v) is 6.45. The van der Waals surface area contributed by atoms with E-state index in [1.165, 1.54) is 5.56 Å². The first-order valence-corrected chi connectivity index (χ1v) is 8.39. The molecule has 1 aromatic heterocycles. The lowest BCUT2D eigenvalue weighted by Crippen LogP contribution is -2.03. The molecule has 0 saturated heterocycles. The fourth-order valence-electron chi connectivity index (χ4n) is 2.42. The third kappa shape index (κ3) is 2.69. The molecule has 2 N–H and O–H groups in total. The summed E-state index contributed by atoms with van der Waals surface area (Å²) in [4.78, 5) is 0. The average molecular weight is 339 g/mol. The van der Waals surface area contributed by atoms with Crippen LogP contribution in [-0.2, 0) is 0 Å². The van der Waals surface area contributed by atoms with Crippen molar-refractivity contribution in [2.45, 2.75) is 5.37 Å². The predicted octanol–water partition coefficient (Wildman–Crippen LogP) is 4.01. The van der Waals surface area contributed by atoms with Crippen LogP contribution < -0.4 is 5.43 Å². The minimum atomic E-state index is 0.0498. The Balaban J connectivity index is 1.70. The van der Waals surface area contributed by atoms with E-state index in [2.05, 4.69) is 32.9 Å². The normalized spacial score (nSPS) is 18.1. The molecule has 0 saturated carbocycles. The molecule has 1 unspecified atom stereocenters. The second-order valence-electron chi connectivity index (χ2n) is 5.00. The monoisotopic (exact) mass is 339 g/mol. The van der Waals surface area contributed by atoms with Gasteiger partial charge in [-0.15, -0.1) is 0 Å². The van der Waals surface area contributed by atoms with Gasteiger partial charge in [-0.25, -0.2) is 0 Å². The van der Waals surface area contributed by atoms with Crippen molar-refractivity contribution < 1.29 is 0 Å². The van der Waals surface area contributed by atoms with Crippen LogP contribution in [0.2, 0.25) is 0 Å². The summed E-state index contributed by atoms with van der Waals surface area (Å²) in [5, 5.41) is 12.5. The molecule has 1 atom stereocenters. The molecule has 0 aliphatic carbocycles. The second kappa shape index (κ2) is 6.02. The maximum atomic E-state index is 5.38. The van der Waals surface area contributed by atoms with E-state index >= 15 is 0 Å². The highest BCUT2D eigenvalue weighted by molar-refractivity contribution is 8.15. The summed E-state index contributed by atoms with van der Waals surface area (Å²) in [5.74, 6) is 0.761. The van der Waals surface area contributed by atoms with Crippen LogP contribution in [0.5, 0.6) is 0 Å². The number of hydrazone groups is 1. The number of nitrogens with zero attached hydrogens (tertiary/aromatic N) is 3. The predicted molar refractivity (Wildman–Crippen MR) is 96.2 cm³/mol. The van der Waals surface area contributed by atoms with Crippen molar-refractivity contribution in [2.24, 2.45) is 5.10 Å². The summed E-state index contributed by atoms with van der Waals surface area (Å²) in [6, 6.07) is 20.1. The van der Waals surface area contributed by atoms with E-state index < -0.39 is 0 Å². The largest absolute Gasteiger partial charge is 0.281 e. The molecule has 23 heavy (non-hydrogen) atoms. The Morgan fingerprint density at radius 3 is 2.52 bits per heavy atom. The Morgan fingerprint density at radius 2 is 1.78 bits per heavy atom. The number of para-hydroxylation sites is 1. The van der Waals surface area contributed by atoms with Gasteiger partial charge in [-0.05, 0) is 29.9 Å². The first-order chi connectivity index (χ1) is 11.3. The molecule has 114 valence electrons. The van der Waals surface area contributed by atoms with Crippen LogP contribution in [0.15, 0.2) is 65.8 Å². The van der Waals surface area contributed by atoms with Crippen LogP contribution in [0.1, 0.15) is 16.8 Å². The number of hydrogen-bond donors (Lipinski definition) is 2. The molecule has 4 rings (SSSR count). The minimum absolute atomic E-state index is 0.0498. The van der Waals surface area contributed by atoms with Crippen molar-refractivity contribution in [3.63, 3.8) is 0 Å². The Hall–Kier alpha value is -2.38. The molecule has 5 nitrogen and oxygen atoms in total. The third-order valence-electron chi connectivity index (χ3n) is 3.50. The molecule has 0 radical (unpaired) electrons. The number of anilines is 1. The Kier molecular flexibility index (Phi) is 3.72. The van der Waals surface area contributed by atoms with Gasteiger partial charge in [0.25, 0.3) is 0 Å². The number of benzene rings is 2. The van der Waals surface area contributed by atoms with Crippen molar-refractivity contribution in [1.82, 2.24) is 14.8 Å². The van der Waals surface area contributed by atoms with Crippen LogP contribution in [0, 0.1) is 4.77 Å². The Morgan fingerprint density at radius 1 is 1.09 bits per heavy atom. The SMILES string of the molecule is S=c1[nH]nc2n1C(c1ccccc1)S/C2=N/Nc1ccccc1. The van der Waals surface area contributed by atoms with E-state index in [1.807, 2.05) is 53.1 Å². The fourth-order valence-corrected chi connectivity index (χ4v) is 3.89. The summed E-state index contributed by atoms with van der Waals surface area (Å²) in [7, 11) is 0. The first-order valence-electron chi connectivity index (χ1n) is 7.10. The molecular weight excluding hydrogens is 326 g/mol. The van der Waals surface area contributed by atoms with Crippen LogP contribution >= 0.6 is 24.0 Å². The van der Waals surface area contributed by atoms with Gasteiger partial charge in [0.15, 0.2) is 15.6 Å². The van der Waals surface area contributed by atoms with Crippen LogP contribution in [0.3, 0.4) is 0 Å². The Bertz CT molecular complexity index is 899. The summed E-state index contributed by atoms with van der Waals surface area (Å²) >= 11 is 7.01. The Labute approximate surface area is 142 Å². The summed E-state index contributed by atoms with van der Waals surface area (Å²) < 4.78 is 2.60. The number of rotatable bonds is 3. The molecule has 0 spiro atoms. The molecule has 0 amide bonds. The number of nitrogens with one attached hydrogen (secondary N) is 2.